The van der Waals surface area contributed by atoms with Gasteiger partial charge in [0, 0.05) is 44.0 Å². The molecule has 0 aromatic carbocycles. The first-order chi connectivity index (χ1) is 7.57. The first kappa shape index (κ1) is 13.3. The maximum Gasteiger partial charge on any atom is 0.0494 e. The van der Waals surface area contributed by atoms with E-state index in [9.17, 15) is 0 Å². The average molecular weight is 224 g/mol. The fourth-order valence-electron chi connectivity index (χ4n) is 1.59. The number of rotatable bonds is 7. The minimum Gasteiger partial charge on any atom is -0.396 e. The van der Waals surface area contributed by atoms with Gasteiger partial charge >= 0.3 is 0 Å². The summed E-state index contributed by atoms with van der Waals surface area (Å²) in [5, 5.41) is 12.5. The first-order valence-electron chi connectivity index (χ1n) is 6.03. The fraction of sp³-hybridized carbons (Fsp3) is 0.692. The molecule has 1 aromatic heterocycles. The van der Waals surface area contributed by atoms with Crippen LogP contribution in [0.3, 0.4) is 0 Å². The molecule has 0 fully saturated rings. The molecule has 0 aliphatic heterocycles. The van der Waals surface area contributed by atoms with E-state index in [1.54, 1.807) is 0 Å². The van der Waals surface area contributed by atoms with Crippen LogP contribution in [0.4, 0.5) is 0 Å². The van der Waals surface area contributed by atoms with Gasteiger partial charge in [0.2, 0.25) is 0 Å². The number of aliphatic hydroxyl groups is 1. The molecule has 0 saturated carbocycles. The predicted octanol–water partition coefficient (Wildman–Crippen LogP) is 2.01. The summed E-state index contributed by atoms with van der Waals surface area (Å²) in [7, 11) is 0. The van der Waals surface area contributed by atoms with Gasteiger partial charge in [-0.15, -0.1) is 0 Å². The van der Waals surface area contributed by atoms with E-state index >= 15 is 0 Å². The highest BCUT2D eigenvalue weighted by molar-refractivity contribution is 5.09. The van der Waals surface area contributed by atoms with E-state index < -0.39 is 0 Å². The highest BCUT2D eigenvalue weighted by Gasteiger charge is 2.15. The van der Waals surface area contributed by atoms with Crippen molar-refractivity contribution in [2.45, 2.75) is 40.3 Å². The van der Waals surface area contributed by atoms with Gasteiger partial charge in [-0.05, 0) is 18.1 Å². The Morgan fingerprint density at radius 3 is 2.81 bits per heavy atom. The summed E-state index contributed by atoms with van der Waals surface area (Å²) in [5.41, 5.74) is 1.27. The third-order valence-corrected chi connectivity index (χ3v) is 2.65. The minimum atomic E-state index is -0.0357. The van der Waals surface area contributed by atoms with Gasteiger partial charge in [-0.2, -0.15) is 0 Å². The Bertz CT molecular complexity index is 305. The first-order valence-corrected chi connectivity index (χ1v) is 6.03. The van der Waals surface area contributed by atoms with Crippen molar-refractivity contribution in [3.05, 3.63) is 24.0 Å². The number of hydrogen-bond donors (Lipinski definition) is 2. The molecule has 1 rings (SSSR count). The number of aryl methyl sites for hydroxylation is 1. The molecule has 1 heterocycles. The average Bonchev–Trinajstić information content (AvgIpc) is 2.66. The minimum absolute atomic E-state index is 0.0357. The lowest BCUT2D eigenvalue weighted by atomic mass is 9.95. The molecule has 1 aromatic rings. The summed E-state index contributed by atoms with van der Waals surface area (Å²) in [6.45, 7) is 9.31. The third kappa shape index (κ3) is 4.37. The van der Waals surface area contributed by atoms with Crippen molar-refractivity contribution in [2.24, 2.45) is 5.41 Å². The van der Waals surface area contributed by atoms with Crippen LogP contribution in [-0.2, 0) is 13.1 Å². The maximum absolute atomic E-state index is 9.12. The van der Waals surface area contributed by atoms with Crippen molar-refractivity contribution < 1.29 is 5.11 Å². The molecular weight excluding hydrogens is 200 g/mol. The van der Waals surface area contributed by atoms with Crippen LogP contribution >= 0.6 is 0 Å². The third-order valence-electron chi connectivity index (χ3n) is 2.65. The molecule has 0 spiro atoms. The SMILES string of the molecule is CCCn1ccc(CNCC(C)(C)CO)c1. The molecule has 0 radical (unpaired) electrons. The molecule has 92 valence electrons. The molecule has 3 heteroatoms. The van der Waals surface area contributed by atoms with Gasteiger partial charge in [0.15, 0.2) is 0 Å². The summed E-state index contributed by atoms with van der Waals surface area (Å²) in [6, 6.07) is 2.15. The van der Waals surface area contributed by atoms with Crippen LogP contribution in [0.15, 0.2) is 18.5 Å². The van der Waals surface area contributed by atoms with Crippen LogP contribution < -0.4 is 5.32 Å². The number of nitrogens with zero attached hydrogens (tertiary/aromatic N) is 1. The Balaban J connectivity index is 2.31. The fourth-order valence-corrected chi connectivity index (χ4v) is 1.59. The number of aliphatic hydroxyl groups excluding tert-OH is 1. The molecular formula is C13H24N2O. The van der Waals surface area contributed by atoms with Crippen LogP contribution in [0.5, 0.6) is 0 Å². The normalized spacial score (nSPS) is 12.0. The summed E-state index contributed by atoms with van der Waals surface area (Å²) in [4.78, 5) is 0. The molecule has 0 aliphatic rings. The Morgan fingerprint density at radius 2 is 2.19 bits per heavy atom. The Hall–Kier alpha value is -0.800. The molecule has 0 saturated heterocycles. The summed E-state index contributed by atoms with van der Waals surface area (Å²) < 4.78 is 2.22. The molecule has 0 bridgehead atoms. The molecule has 0 aliphatic carbocycles. The van der Waals surface area contributed by atoms with Crippen LogP contribution in [0, 0.1) is 5.41 Å². The zero-order valence-corrected chi connectivity index (χ0v) is 10.7. The molecule has 0 amide bonds. The van der Waals surface area contributed by atoms with Gasteiger partial charge in [0.05, 0.1) is 0 Å². The van der Waals surface area contributed by atoms with Crippen molar-refractivity contribution in [3.8, 4) is 0 Å². The van der Waals surface area contributed by atoms with E-state index in [0.717, 1.165) is 19.6 Å². The molecule has 0 unspecified atom stereocenters. The van der Waals surface area contributed by atoms with Crippen molar-refractivity contribution in [2.75, 3.05) is 13.2 Å². The zero-order valence-electron chi connectivity index (χ0n) is 10.7. The molecule has 0 atom stereocenters. The summed E-state index contributed by atoms with van der Waals surface area (Å²) >= 11 is 0. The lowest BCUT2D eigenvalue weighted by molar-refractivity contribution is 0.156. The maximum atomic E-state index is 9.12. The molecule has 16 heavy (non-hydrogen) atoms. The second-order valence-corrected chi connectivity index (χ2v) is 5.18. The number of hydrogen-bond acceptors (Lipinski definition) is 2. The monoisotopic (exact) mass is 224 g/mol. The van der Waals surface area contributed by atoms with Crippen molar-refractivity contribution in [3.63, 3.8) is 0 Å². The highest BCUT2D eigenvalue weighted by Crippen LogP contribution is 2.11. The van der Waals surface area contributed by atoms with E-state index in [0.29, 0.717) is 0 Å². The van der Waals surface area contributed by atoms with Gasteiger partial charge in [-0.25, -0.2) is 0 Å². The second kappa shape index (κ2) is 6.06. The Morgan fingerprint density at radius 1 is 1.44 bits per heavy atom. The van der Waals surface area contributed by atoms with Crippen LogP contribution in [-0.4, -0.2) is 22.8 Å². The van der Waals surface area contributed by atoms with Crippen LogP contribution in [0.1, 0.15) is 32.8 Å². The van der Waals surface area contributed by atoms with Crippen molar-refractivity contribution in [1.29, 1.82) is 0 Å². The van der Waals surface area contributed by atoms with E-state index in [4.69, 9.17) is 5.11 Å². The molecule has 3 nitrogen and oxygen atoms in total. The van der Waals surface area contributed by atoms with Crippen LogP contribution in [0.25, 0.3) is 0 Å². The van der Waals surface area contributed by atoms with Crippen LogP contribution in [0.2, 0.25) is 0 Å². The quantitative estimate of drug-likeness (QED) is 0.743. The highest BCUT2D eigenvalue weighted by atomic mass is 16.3. The van der Waals surface area contributed by atoms with E-state index in [1.807, 2.05) is 0 Å². The lowest BCUT2D eigenvalue weighted by Gasteiger charge is -2.21. The Labute approximate surface area is 98.5 Å². The summed E-state index contributed by atoms with van der Waals surface area (Å²) in [5.74, 6) is 0. The van der Waals surface area contributed by atoms with E-state index in [-0.39, 0.29) is 12.0 Å². The lowest BCUT2D eigenvalue weighted by Crippen LogP contribution is -2.31. The predicted molar refractivity (Wildman–Crippen MR) is 67.3 cm³/mol. The number of nitrogens with one attached hydrogen (secondary N) is 1. The van der Waals surface area contributed by atoms with Gasteiger partial charge in [0.25, 0.3) is 0 Å². The van der Waals surface area contributed by atoms with E-state index in [2.05, 4.69) is 49.1 Å². The second-order valence-electron chi connectivity index (χ2n) is 5.18. The summed E-state index contributed by atoms with van der Waals surface area (Å²) in [6.07, 6.45) is 5.47. The topological polar surface area (TPSA) is 37.2 Å². The number of aromatic nitrogens is 1. The van der Waals surface area contributed by atoms with Gasteiger partial charge in [-0.1, -0.05) is 20.8 Å². The van der Waals surface area contributed by atoms with Crippen molar-refractivity contribution >= 4 is 0 Å². The van der Waals surface area contributed by atoms with Gasteiger partial charge < -0.3 is 15.0 Å². The van der Waals surface area contributed by atoms with Gasteiger partial charge in [-0.3, -0.25) is 0 Å². The standard InChI is InChI=1S/C13H24N2O/c1-4-6-15-7-5-12(9-15)8-14-10-13(2,3)11-16/h5,7,9,14,16H,4,6,8,10-11H2,1-3H3. The Kier molecular flexibility index (Phi) is 5.03. The van der Waals surface area contributed by atoms with E-state index in [1.165, 1.54) is 12.0 Å². The largest absolute Gasteiger partial charge is 0.396 e. The van der Waals surface area contributed by atoms with Gasteiger partial charge in [0.1, 0.15) is 0 Å². The van der Waals surface area contributed by atoms with Crippen molar-refractivity contribution in [1.82, 2.24) is 9.88 Å². The smallest absolute Gasteiger partial charge is 0.0494 e. The zero-order chi connectivity index (χ0) is 12.0. The molecule has 2 N–H and O–H groups in total.